The predicted molar refractivity (Wildman–Crippen MR) is 53.4 cm³/mol. The molecule has 0 spiro atoms. The van der Waals surface area contributed by atoms with Crippen LogP contribution in [-0.4, -0.2) is 12.9 Å². The summed E-state index contributed by atoms with van der Waals surface area (Å²) in [4.78, 5) is 0. The van der Waals surface area contributed by atoms with E-state index in [1.807, 2.05) is 18.2 Å². The molecule has 0 amide bonds. The van der Waals surface area contributed by atoms with Crippen LogP contribution in [0.4, 0.5) is 0 Å². The Labute approximate surface area is 78.0 Å². The Morgan fingerprint density at radius 3 is 2.69 bits per heavy atom. The first-order valence-corrected chi connectivity index (χ1v) is 4.20. The van der Waals surface area contributed by atoms with Crippen molar-refractivity contribution in [3.05, 3.63) is 29.3 Å². The fraction of sp³-hybridized carbons (Fsp3) is 0.300. The van der Waals surface area contributed by atoms with E-state index < -0.39 is 0 Å². The number of rotatable bonds is 3. The van der Waals surface area contributed by atoms with Gasteiger partial charge in [-0.3, -0.25) is 5.41 Å². The number of nitrogen functional groups attached to an aromatic ring is 1. The van der Waals surface area contributed by atoms with Gasteiger partial charge >= 0.3 is 0 Å². The Hall–Kier alpha value is -1.51. The van der Waals surface area contributed by atoms with E-state index in [0.717, 1.165) is 6.42 Å². The smallest absolute Gasteiger partial charge is 0.130 e. The quantitative estimate of drug-likeness (QED) is 0.545. The fourth-order valence-corrected chi connectivity index (χ4v) is 1.18. The zero-order valence-corrected chi connectivity index (χ0v) is 7.92. The first-order chi connectivity index (χ1) is 6.19. The summed E-state index contributed by atoms with van der Waals surface area (Å²) in [6.45, 7) is 2.07. The number of methoxy groups -OCH3 is 1. The minimum absolute atomic E-state index is 0.0412. The Morgan fingerprint density at radius 1 is 1.54 bits per heavy atom. The van der Waals surface area contributed by atoms with Crippen LogP contribution < -0.4 is 10.5 Å². The number of aryl methyl sites for hydroxylation is 1. The van der Waals surface area contributed by atoms with E-state index in [4.69, 9.17) is 15.9 Å². The number of nitrogens with one attached hydrogen (secondary N) is 1. The summed E-state index contributed by atoms with van der Waals surface area (Å²) >= 11 is 0. The minimum atomic E-state index is 0.0412. The van der Waals surface area contributed by atoms with Gasteiger partial charge in [0.15, 0.2) is 0 Å². The summed E-state index contributed by atoms with van der Waals surface area (Å²) < 4.78 is 5.13. The molecule has 0 fully saturated rings. The number of amidine groups is 1. The van der Waals surface area contributed by atoms with E-state index in [2.05, 4.69) is 6.92 Å². The molecule has 0 radical (unpaired) electrons. The summed E-state index contributed by atoms with van der Waals surface area (Å²) in [6.07, 6.45) is 0.953. The molecule has 0 saturated heterocycles. The Kier molecular flexibility index (Phi) is 2.90. The Balaban J connectivity index is 3.15. The van der Waals surface area contributed by atoms with Crippen LogP contribution >= 0.6 is 0 Å². The van der Waals surface area contributed by atoms with Gasteiger partial charge in [0, 0.05) is 0 Å². The molecule has 0 aromatic heterocycles. The molecule has 0 atom stereocenters. The molecule has 0 aliphatic heterocycles. The standard InChI is InChI=1S/C10H14N2O/c1-3-7-4-5-8(10(11)12)9(6-7)13-2/h4-6H,3H2,1-2H3,(H3,11,12). The van der Waals surface area contributed by atoms with E-state index in [0.29, 0.717) is 11.3 Å². The zero-order valence-electron chi connectivity index (χ0n) is 7.92. The van der Waals surface area contributed by atoms with E-state index in [9.17, 15) is 0 Å². The van der Waals surface area contributed by atoms with Crippen LogP contribution in [0.2, 0.25) is 0 Å². The molecule has 0 aliphatic rings. The summed E-state index contributed by atoms with van der Waals surface area (Å²) in [5.74, 6) is 0.714. The van der Waals surface area contributed by atoms with Gasteiger partial charge in [-0.1, -0.05) is 13.0 Å². The third-order valence-corrected chi connectivity index (χ3v) is 1.96. The predicted octanol–water partition coefficient (Wildman–Crippen LogP) is 1.54. The van der Waals surface area contributed by atoms with Crippen molar-refractivity contribution in [1.29, 1.82) is 5.41 Å². The maximum atomic E-state index is 7.30. The molecule has 1 aromatic carbocycles. The lowest BCUT2D eigenvalue weighted by Gasteiger charge is -2.08. The molecule has 70 valence electrons. The molecule has 1 rings (SSSR count). The molecule has 0 aliphatic carbocycles. The number of benzene rings is 1. The highest BCUT2D eigenvalue weighted by Gasteiger charge is 2.05. The van der Waals surface area contributed by atoms with Gasteiger partial charge in [-0.05, 0) is 24.1 Å². The molecule has 1 aromatic rings. The van der Waals surface area contributed by atoms with E-state index in [-0.39, 0.29) is 5.84 Å². The first-order valence-electron chi connectivity index (χ1n) is 4.20. The van der Waals surface area contributed by atoms with Crippen molar-refractivity contribution >= 4 is 5.84 Å². The minimum Gasteiger partial charge on any atom is -0.496 e. The summed E-state index contributed by atoms with van der Waals surface area (Å²) in [7, 11) is 1.58. The second-order valence-electron chi connectivity index (χ2n) is 2.80. The van der Waals surface area contributed by atoms with Crippen molar-refractivity contribution in [1.82, 2.24) is 0 Å². The van der Waals surface area contributed by atoms with Crippen molar-refractivity contribution in [2.75, 3.05) is 7.11 Å². The summed E-state index contributed by atoms with van der Waals surface area (Å²) in [6, 6.07) is 5.69. The molecule has 0 saturated carbocycles. The van der Waals surface area contributed by atoms with Crippen LogP contribution in [0.1, 0.15) is 18.1 Å². The lowest BCUT2D eigenvalue weighted by molar-refractivity contribution is 0.413. The van der Waals surface area contributed by atoms with Gasteiger partial charge in [-0.15, -0.1) is 0 Å². The monoisotopic (exact) mass is 178 g/mol. The van der Waals surface area contributed by atoms with E-state index in [1.54, 1.807) is 7.11 Å². The van der Waals surface area contributed by atoms with Gasteiger partial charge in [0.25, 0.3) is 0 Å². The zero-order chi connectivity index (χ0) is 9.84. The second-order valence-corrected chi connectivity index (χ2v) is 2.80. The van der Waals surface area contributed by atoms with Gasteiger partial charge in [-0.2, -0.15) is 0 Å². The highest BCUT2D eigenvalue weighted by atomic mass is 16.5. The van der Waals surface area contributed by atoms with Gasteiger partial charge in [0.1, 0.15) is 11.6 Å². The van der Waals surface area contributed by atoms with Crippen molar-refractivity contribution in [2.45, 2.75) is 13.3 Å². The lowest BCUT2D eigenvalue weighted by atomic mass is 10.1. The molecule has 13 heavy (non-hydrogen) atoms. The maximum Gasteiger partial charge on any atom is 0.130 e. The van der Waals surface area contributed by atoms with Crippen LogP contribution in [0.5, 0.6) is 5.75 Å². The third kappa shape index (κ3) is 1.99. The van der Waals surface area contributed by atoms with Crippen LogP contribution in [0.15, 0.2) is 18.2 Å². The molecule has 3 N–H and O–H groups in total. The van der Waals surface area contributed by atoms with Crippen LogP contribution in [0.25, 0.3) is 0 Å². The molecular weight excluding hydrogens is 164 g/mol. The van der Waals surface area contributed by atoms with E-state index >= 15 is 0 Å². The normalized spacial score (nSPS) is 9.69. The number of nitrogens with two attached hydrogens (primary N) is 1. The van der Waals surface area contributed by atoms with Crippen LogP contribution in [0, 0.1) is 5.41 Å². The molecule has 0 bridgehead atoms. The summed E-state index contributed by atoms with van der Waals surface area (Å²) in [5.41, 5.74) is 7.22. The number of ether oxygens (including phenoxy) is 1. The SMILES string of the molecule is CCc1ccc(C(=N)N)c(OC)c1. The van der Waals surface area contributed by atoms with Crippen LogP contribution in [-0.2, 0) is 6.42 Å². The van der Waals surface area contributed by atoms with Gasteiger partial charge < -0.3 is 10.5 Å². The first kappa shape index (κ1) is 9.58. The highest BCUT2D eigenvalue weighted by Crippen LogP contribution is 2.19. The Morgan fingerprint density at radius 2 is 2.23 bits per heavy atom. The molecule has 0 heterocycles. The topological polar surface area (TPSA) is 59.1 Å². The van der Waals surface area contributed by atoms with Crippen molar-refractivity contribution in [3.63, 3.8) is 0 Å². The number of hydrogen-bond acceptors (Lipinski definition) is 2. The summed E-state index contributed by atoms with van der Waals surface area (Å²) in [5, 5.41) is 7.30. The highest BCUT2D eigenvalue weighted by molar-refractivity contribution is 5.97. The number of hydrogen-bond donors (Lipinski definition) is 2. The average Bonchev–Trinajstić information content (AvgIpc) is 2.16. The van der Waals surface area contributed by atoms with Crippen molar-refractivity contribution < 1.29 is 4.74 Å². The largest absolute Gasteiger partial charge is 0.496 e. The van der Waals surface area contributed by atoms with Gasteiger partial charge in [-0.25, -0.2) is 0 Å². The molecule has 3 nitrogen and oxygen atoms in total. The third-order valence-electron chi connectivity index (χ3n) is 1.96. The molecule has 3 heteroatoms. The lowest BCUT2D eigenvalue weighted by Crippen LogP contribution is -2.12. The fourth-order valence-electron chi connectivity index (χ4n) is 1.18. The maximum absolute atomic E-state index is 7.30. The van der Waals surface area contributed by atoms with Gasteiger partial charge in [0.2, 0.25) is 0 Å². The average molecular weight is 178 g/mol. The van der Waals surface area contributed by atoms with Crippen molar-refractivity contribution in [3.8, 4) is 5.75 Å². The van der Waals surface area contributed by atoms with Gasteiger partial charge in [0.05, 0.1) is 12.7 Å². The second kappa shape index (κ2) is 3.94. The molecular formula is C10H14N2O. The molecule has 0 unspecified atom stereocenters. The van der Waals surface area contributed by atoms with E-state index in [1.165, 1.54) is 5.56 Å². The Bertz CT molecular complexity index is 321. The van der Waals surface area contributed by atoms with Crippen molar-refractivity contribution in [2.24, 2.45) is 5.73 Å². The van der Waals surface area contributed by atoms with Crippen LogP contribution in [0.3, 0.4) is 0 Å².